The Morgan fingerprint density at radius 1 is 0.545 bits per heavy atom. The van der Waals surface area contributed by atoms with Crippen LogP contribution in [-0.4, -0.2) is 4.57 Å². The Hall–Kier alpha value is -4.08. The smallest absolute Gasteiger partial charge is 0.0542 e. The number of fused-ring (bicyclic) bond motifs is 6. The van der Waals surface area contributed by atoms with Crippen LogP contribution in [0.15, 0.2) is 109 Å². The van der Waals surface area contributed by atoms with E-state index in [1.165, 1.54) is 47.5 Å². The molecule has 0 bridgehead atoms. The summed E-state index contributed by atoms with van der Waals surface area (Å²) in [7, 11) is 0. The van der Waals surface area contributed by atoms with Crippen LogP contribution in [0.2, 0.25) is 0 Å². The molecule has 0 aliphatic carbocycles. The van der Waals surface area contributed by atoms with Gasteiger partial charge >= 0.3 is 0 Å². The van der Waals surface area contributed by atoms with Crippen molar-refractivity contribution in [3.63, 3.8) is 0 Å². The van der Waals surface area contributed by atoms with E-state index in [1.807, 2.05) is 17.4 Å². The lowest BCUT2D eigenvalue weighted by atomic mass is 9.97. The highest BCUT2D eigenvalue weighted by molar-refractivity contribution is 7.25. The number of nitrogens with zero attached hydrogens (tertiary/aromatic N) is 1. The van der Waals surface area contributed by atoms with Gasteiger partial charge in [0.1, 0.15) is 0 Å². The molecule has 0 radical (unpaired) electrons. The summed E-state index contributed by atoms with van der Waals surface area (Å²) in [6, 6.07) is 38.8. The highest BCUT2D eigenvalue weighted by atomic mass is 32.1. The van der Waals surface area contributed by atoms with Crippen LogP contribution in [0.25, 0.3) is 58.8 Å². The number of para-hydroxylation sites is 2. The Morgan fingerprint density at radius 2 is 1.18 bits per heavy atom. The molecule has 3 heteroatoms. The molecular weight excluding hydrogens is 420 g/mol. The molecule has 2 aromatic heterocycles. The number of thiophene rings is 1. The third-order valence-electron chi connectivity index (χ3n) is 6.53. The molecule has 0 atom stereocenters. The standard InChI is InChI=1S/C30H20N2S/c31-19-16-17-27(32-25-12-4-1-8-20(25)21-9-2-5-13-26(21)32)24(18-19)22-11-7-15-29-30(22)23-10-3-6-14-28(23)33-29/h1-18H,31H2. The maximum atomic E-state index is 6.37. The molecule has 2 N–H and O–H groups in total. The first-order valence-corrected chi connectivity index (χ1v) is 11.9. The second-order valence-corrected chi connectivity index (χ2v) is 9.51. The van der Waals surface area contributed by atoms with Crippen LogP contribution in [-0.2, 0) is 0 Å². The largest absolute Gasteiger partial charge is 0.399 e. The molecule has 7 aromatic rings. The molecule has 0 aliphatic rings. The van der Waals surface area contributed by atoms with Crippen molar-refractivity contribution in [3.05, 3.63) is 109 Å². The quantitative estimate of drug-likeness (QED) is 0.269. The van der Waals surface area contributed by atoms with Crippen molar-refractivity contribution in [2.75, 3.05) is 5.73 Å². The van der Waals surface area contributed by atoms with E-state index in [0.29, 0.717) is 0 Å². The van der Waals surface area contributed by atoms with Gasteiger partial charge in [-0.15, -0.1) is 11.3 Å². The van der Waals surface area contributed by atoms with Crippen LogP contribution in [0.5, 0.6) is 0 Å². The van der Waals surface area contributed by atoms with Gasteiger partial charge in [-0.3, -0.25) is 0 Å². The summed E-state index contributed by atoms with van der Waals surface area (Å²) in [6.07, 6.45) is 0. The summed E-state index contributed by atoms with van der Waals surface area (Å²) in [5.74, 6) is 0. The molecule has 0 fully saturated rings. The van der Waals surface area contributed by atoms with Gasteiger partial charge in [-0.2, -0.15) is 0 Å². The van der Waals surface area contributed by atoms with E-state index in [2.05, 4.69) is 108 Å². The number of nitrogens with two attached hydrogens (primary N) is 1. The monoisotopic (exact) mass is 440 g/mol. The molecular formula is C30H20N2S. The summed E-state index contributed by atoms with van der Waals surface area (Å²) in [5, 5.41) is 5.11. The van der Waals surface area contributed by atoms with Crippen molar-refractivity contribution in [2.24, 2.45) is 0 Å². The minimum atomic E-state index is 0.769. The lowest BCUT2D eigenvalue weighted by Gasteiger charge is -2.16. The maximum Gasteiger partial charge on any atom is 0.0542 e. The van der Waals surface area contributed by atoms with Gasteiger partial charge in [-0.05, 0) is 48.0 Å². The molecule has 33 heavy (non-hydrogen) atoms. The molecule has 0 unspecified atom stereocenters. The normalized spacial score (nSPS) is 11.8. The van der Waals surface area contributed by atoms with Crippen LogP contribution >= 0.6 is 11.3 Å². The SMILES string of the molecule is Nc1ccc(-n2c3ccccc3c3ccccc32)c(-c2cccc3sc4ccccc4c23)c1. The van der Waals surface area contributed by atoms with Crippen LogP contribution in [0, 0.1) is 0 Å². The second kappa shape index (κ2) is 6.96. The van der Waals surface area contributed by atoms with E-state index < -0.39 is 0 Å². The Bertz CT molecular complexity index is 1780. The van der Waals surface area contributed by atoms with Crippen LogP contribution < -0.4 is 5.73 Å². The number of rotatable bonds is 2. The number of aromatic nitrogens is 1. The number of anilines is 1. The highest BCUT2D eigenvalue weighted by Crippen LogP contribution is 2.43. The first kappa shape index (κ1) is 18.5. The topological polar surface area (TPSA) is 30.9 Å². The Kier molecular flexibility index (Phi) is 3.90. The van der Waals surface area contributed by atoms with Gasteiger partial charge in [0, 0.05) is 42.2 Å². The second-order valence-electron chi connectivity index (χ2n) is 8.42. The lowest BCUT2D eigenvalue weighted by Crippen LogP contribution is -1.99. The van der Waals surface area contributed by atoms with Crippen LogP contribution in [0.4, 0.5) is 5.69 Å². The zero-order valence-electron chi connectivity index (χ0n) is 17.8. The number of hydrogen-bond acceptors (Lipinski definition) is 2. The van der Waals surface area contributed by atoms with Gasteiger partial charge in [0.2, 0.25) is 0 Å². The van der Waals surface area contributed by atoms with Crippen LogP contribution in [0.1, 0.15) is 0 Å². The van der Waals surface area contributed by atoms with Gasteiger partial charge < -0.3 is 10.3 Å². The molecule has 0 amide bonds. The molecule has 2 nitrogen and oxygen atoms in total. The minimum Gasteiger partial charge on any atom is -0.399 e. The summed E-state index contributed by atoms with van der Waals surface area (Å²) < 4.78 is 4.99. The molecule has 0 aliphatic heterocycles. The van der Waals surface area contributed by atoms with Gasteiger partial charge in [0.15, 0.2) is 0 Å². The first-order chi connectivity index (χ1) is 16.3. The van der Waals surface area contributed by atoms with E-state index >= 15 is 0 Å². The number of hydrogen-bond donors (Lipinski definition) is 1. The molecule has 0 saturated heterocycles. The predicted octanol–water partition coefficient (Wildman–Crippen LogP) is 8.40. The summed E-state index contributed by atoms with van der Waals surface area (Å²) in [5.41, 5.74) is 13.0. The van der Waals surface area contributed by atoms with E-state index in [0.717, 1.165) is 16.9 Å². The van der Waals surface area contributed by atoms with Gasteiger partial charge in [0.05, 0.1) is 16.7 Å². The average molecular weight is 441 g/mol. The summed E-state index contributed by atoms with van der Waals surface area (Å²) in [6.45, 7) is 0. The molecule has 156 valence electrons. The predicted molar refractivity (Wildman–Crippen MR) is 144 cm³/mol. The summed E-state index contributed by atoms with van der Waals surface area (Å²) in [4.78, 5) is 0. The maximum absolute atomic E-state index is 6.37. The van der Waals surface area contributed by atoms with Gasteiger partial charge in [-0.1, -0.05) is 66.7 Å². The van der Waals surface area contributed by atoms with Crippen molar-refractivity contribution < 1.29 is 0 Å². The average Bonchev–Trinajstić information content (AvgIpc) is 3.40. The summed E-state index contributed by atoms with van der Waals surface area (Å²) >= 11 is 1.85. The van der Waals surface area contributed by atoms with Gasteiger partial charge in [0.25, 0.3) is 0 Å². The third-order valence-corrected chi connectivity index (χ3v) is 7.67. The lowest BCUT2D eigenvalue weighted by molar-refractivity contribution is 1.18. The fourth-order valence-electron chi connectivity index (χ4n) is 5.15. The Labute approximate surface area is 195 Å². The van der Waals surface area contributed by atoms with E-state index in [-0.39, 0.29) is 0 Å². The molecule has 5 aromatic carbocycles. The number of nitrogen functional groups attached to an aromatic ring is 1. The van der Waals surface area contributed by atoms with Crippen molar-refractivity contribution in [2.45, 2.75) is 0 Å². The first-order valence-electron chi connectivity index (χ1n) is 11.1. The number of benzene rings is 5. The molecule has 0 spiro atoms. The molecule has 2 heterocycles. The van der Waals surface area contributed by atoms with E-state index in [9.17, 15) is 0 Å². The van der Waals surface area contributed by atoms with Crippen molar-refractivity contribution >= 4 is 59.0 Å². The van der Waals surface area contributed by atoms with Crippen molar-refractivity contribution in [1.82, 2.24) is 4.57 Å². The fourth-order valence-corrected chi connectivity index (χ4v) is 6.28. The Morgan fingerprint density at radius 3 is 1.94 bits per heavy atom. The zero-order valence-corrected chi connectivity index (χ0v) is 18.6. The van der Waals surface area contributed by atoms with E-state index in [1.54, 1.807) is 0 Å². The van der Waals surface area contributed by atoms with Gasteiger partial charge in [-0.25, -0.2) is 0 Å². The van der Waals surface area contributed by atoms with Crippen LogP contribution in [0.3, 0.4) is 0 Å². The fraction of sp³-hybridized carbons (Fsp3) is 0. The van der Waals surface area contributed by atoms with E-state index in [4.69, 9.17) is 5.73 Å². The molecule has 0 saturated carbocycles. The molecule has 7 rings (SSSR count). The third kappa shape index (κ3) is 2.66. The minimum absolute atomic E-state index is 0.769. The highest BCUT2D eigenvalue weighted by Gasteiger charge is 2.18. The zero-order chi connectivity index (χ0) is 21.9. The van der Waals surface area contributed by atoms with Crippen molar-refractivity contribution in [1.29, 1.82) is 0 Å². The van der Waals surface area contributed by atoms with Crippen molar-refractivity contribution in [3.8, 4) is 16.8 Å². The Balaban J connectivity index is 1.64.